The second kappa shape index (κ2) is 6.52. The highest BCUT2D eigenvalue weighted by molar-refractivity contribution is 5.89. The van der Waals surface area contributed by atoms with Gasteiger partial charge in [-0.1, -0.05) is 12.1 Å². The predicted molar refractivity (Wildman–Crippen MR) is 73.4 cm³/mol. The normalized spacial score (nSPS) is 19.6. The van der Waals surface area contributed by atoms with E-state index < -0.39 is 5.97 Å². The lowest BCUT2D eigenvalue weighted by Gasteiger charge is -2.30. The molecule has 1 heterocycles. The fourth-order valence-corrected chi connectivity index (χ4v) is 2.52. The standard InChI is InChI=1S/C15H19NO4/c1-20-15(19)12-6-4-11(5-7-12)9-16-8-2-3-13(10-16)14(17)18/h4-7,13H,2-3,8-10H2,1H3,(H,17,18). The molecule has 1 fully saturated rings. The van der Waals surface area contributed by atoms with Crippen molar-refractivity contribution in [2.45, 2.75) is 19.4 Å². The van der Waals surface area contributed by atoms with Gasteiger partial charge >= 0.3 is 11.9 Å². The molecule has 0 amide bonds. The van der Waals surface area contributed by atoms with Gasteiger partial charge < -0.3 is 9.84 Å². The number of esters is 1. The van der Waals surface area contributed by atoms with Crippen molar-refractivity contribution in [1.82, 2.24) is 4.90 Å². The number of rotatable bonds is 4. The highest BCUT2D eigenvalue weighted by Crippen LogP contribution is 2.19. The van der Waals surface area contributed by atoms with E-state index in [1.807, 2.05) is 12.1 Å². The second-order valence-corrected chi connectivity index (χ2v) is 5.10. The van der Waals surface area contributed by atoms with Crippen LogP contribution >= 0.6 is 0 Å². The van der Waals surface area contributed by atoms with Gasteiger partial charge in [0, 0.05) is 13.1 Å². The molecular formula is C15H19NO4. The van der Waals surface area contributed by atoms with E-state index >= 15 is 0 Å². The highest BCUT2D eigenvalue weighted by Gasteiger charge is 2.25. The molecule has 5 heteroatoms. The Morgan fingerprint density at radius 2 is 2.05 bits per heavy atom. The summed E-state index contributed by atoms with van der Waals surface area (Å²) in [5.74, 6) is -1.32. The molecule has 108 valence electrons. The van der Waals surface area contributed by atoms with Gasteiger partial charge in [0.1, 0.15) is 0 Å². The Hall–Kier alpha value is -1.88. The van der Waals surface area contributed by atoms with Gasteiger partial charge in [-0.2, -0.15) is 0 Å². The first-order valence-corrected chi connectivity index (χ1v) is 6.72. The number of benzene rings is 1. The zero-order valence-electron chi connectivity index (χ0n) is 11.5. The molecule has 1 unspecified atom stereocenters. The van der Waals surface area contributed by atoms with Crippen LogP contribution in [0.15, 0.2) is 24.3 Å². The lowest BCUT2D eigenvalue weighted by Crippen LogP contribution is -2.38. The van der Waals surface area contributed by atoms with Crippen LogP contribution in [-0.2, 0) is 16.1 Å². The zero-order chi connectivity index (χ0) is 14.5. The van der Waals surface area contributed by atoms with Crippen LogP contribution in [0.4, 0.5) is 0 Å². The Labute approximate surface area is 118 Å². The summed E-state index contributed by atoms with van der Waals surface area (Å²) in [5.41, 5.74) is 1.60. The van der Waals surface area contributed by atoms with E-state index in [0.29, 0.717) is 18.7 Å². The lowest BCUT2D eigenvalue weighted by molar-refractivity contribution is -0.143. The maximum absolute atomic E-state index is 11.3. The Balaban J connectivity index is 1.96. The summed E-state index contributed by atoms with van der Waals surface area (Å²) in [6, 6.07) is 7.24. The van der Waals surface area contributed by atoms with Gasteiger partial charge in [0.25, 0.3) is 0 Å². The number of ether oxygens (including phenoxy) is 1. The molecule has 0 aromatic heterocycles. The van der Waals surface area contributed by atoms with E-state index in [4.69, 9.17) is 5.11 Å². The van der Waals surface area contributed by atoms with Crippen LogP contribution < -0.4 is 0 Å². The quantitative estimate of drug-likeness (QED) is 0.850. The van der Waals surface area contributed by atoms with Crippen molar-refractivity contribution in [3.8, 4) is 0 Å². The van der Waals surface area contributed by atoms with Gasteiger partial charge in [-0.25, -0.2) is 4.79 Å². The number of piperidine rings is 1. The Bertz CT molecular complexity index is 483. The zero-order valence-corrected chi connectivity index (χ0v) is 11.5. The fourth-order valence-electron chi connectivity index (χ4n) is 2.52. The van der Waals surface area contributed by atoms with Crippen molar-refractivity contribution in [3.05, 3.63) is 35.4 Å². The molecule has 0 aliphatic carbocycles. The Morgan fingerprint density at radius 1 is 1.35 bits per heavy atom. The highest BCUT2D eigenvalue weighted by atomic mass is 16.5. The minimum Gasteiger partial charge on any atom is -0.481 e. The third-order valence-corrected chi connectivity index (χ3v) is 3.64. The summed E-state index contributed by atoms with van der Waals surface area (Å²) in [6.07, 6.45) is 1.67. The summed E-state index contributed by atoms with van der Waals surface area (Å²) in [5, 5.41) is 9.07. The molecule has 1 aromatic carbocycles. The van der Waals surface area contributed by atoms with Crippen molar-refractivity contribution in [2.24, 2.45) is 5.92 Å². The van der Waals surface area contributed by atoms with Crippen LogP contribution in [0, 0.1) is 5.92 Å². The first-order valence-electron chi connectivity index (χ1n) is 6.72. The maximum atomic E-state index is 11.3. The smallest absolute Gasteiger partial charge is 0.337 e. The van der Waals surface area contributed by atoms with Gasteiger partial charge in [-0.05, 0) is 37.1 Å². The Kier molecular flexibility index (Phi) is 4.74. The van der Waals surface area contributed by atoms with Crippen molar-refractivity contribution >= 4 is 11.9 Å². The van der Waals surface area contributed by atoms with Gasteiger partial charge in [-0.15, -0.1) is 0 Å². The molecule has 1 saturated heterocycles. The number of nitrogens with zero attached hydrogens (tertiary/aromatic N) is 1. The molecule has 0 saturated carbocycles. The molecular weight excluding hydrogens is 258 g/mol. The first-order chi connectivity index (χ1) is 9.60. The van der Waals surface area contributed by atoms with E-state index in [9.17, 15) is 9.59 Å². The molecule has 1 aromatic rings. The summed E-state index contributed by atoms with van der Waals surface area (Å²) < 4.78 is 4.65. The molecule has 0 radical (unpaired) electrons. The van der Waals surface area contributed by atoms with E-state index in [-0.39, 0.29) is 11.9 Å². The maximum Gasteiger partial charge on any atom is 0.337 e. The van der Waals surface area contributed by atoms with Crippen molar-refractivity contribution in [2.75, 3.05) is 20.2 Å². The number of hydrogen-bond donors (Lipinski definition) is 1. The summed E-state index contributed by atoms with van der Waals surface area (Å²) in [4.78, 5) is 24.5. The van der Waals surface area contributed by atoms with Crippen LogP contribution in [0.3, 0.4) is 0 Å². The van der Waals surface area contributed by atoms with Gasteiger partial charge in [-0.3, -0.25) is 9.69 Å². The van der Waals surface area contributed by atoms with Gasteiger partial charge in [0.15, 0.2) is 0 Å². The summed E-state index contributed by atoms with van der Waals surface area (Å²) in [7, 11) is 1.36. The molecule has 2 rings (SSSR count). The van der Waals surface area contributed by atoms with Crippen LogP contribution in [-0.4, -0.2) is 42.1 Å². The second-order valence-electron chi connectivity index (χ2n) is 5.10. The SMILES string of the molecule is COC(=O)c1ccc(CN2CCCC(C(=O)O)C2)cc1. The fraction of sp³-hybridized carbons (Fsp3) is 0.467. The topological polar surface area (TPSA) is 66.8 Å². The van der Waals surface area contributed by atoms with Crippen molar-refractivity contribution in [3.63, 3.8) is 0 Å². The van der Waals surface area contributed by atoms with Crippen LogP contribution in [0.1, 0.15) is 28.8 Å². The first kappa shape index (κ1) is 14.5. The third kappa shape index (κ3) is 3.57. The number of methoxy groups -OCH3 is 1. The number of carboxylic acids is 1. The van der Waals surface area contributed by atoms with Crippen molar-refractivity contribution in [1.29, 1.82) is 0 Å². The molecule has 1 N–H and O–H groups in total. The molecule has 1 atom stereocenters. The van der Waals surface area contributed by atoms with Crippen LogP contribution in [0.5, 0.6) is 0 Å². The molecule has 1 aliphatic rings. The minimum atomic E-state index is -0.712. The molecule has 1 aliphatic heterocycles. The number of likely N-dealkylation sites (tertiary alicyclic amines) is 1. The molecule has 0 bridgehead atoms. The third-order valence-electron chi connectivity index (χ3n) is 3.64. The van der Waals surface area contributed by atoms with Crippen molar-refractivity contribution < 1.29 is 19.4 Å². The number of aliphatic carboxylic acids is 1. The lowest BCUT2D eigenvalue weighted by atomic mass is 9.98. The molecule has 5 nitrogen and oxygen atoms in total. The number of hydrogen-bond acceptors (Lipinski definition) is 4. The van der Waals surface area contributed by atoms with Crippen LogP contribution in [0.2, 0.25) is 0 Å². The van der Waals surface area contributed by atoms with E-state index in [2.05, 4.69) is 9.64 Å². The molecule has 0 spiro atoms. The number of carbonyl (C=O) groups is 2. The summed E-state index contributed by atoms with van der Waals surface area (Å²) >= 11 is 0. The predicted octanol–water partition coefficient (Wildman–Crippen LogP) is 1.77. The monoisotopic (exact) mass is 277 g/mol. The average Bonchev–Trinajstić information content (AvgIpc) is 2.47. The number of carbonyl (C=O) groups excluding carboxylic acids is 1. The molecule has 20 heavy (non-hydrogen) atoms. The van der Waals surface area contributed by atoms with E-state index in [1.54, 1.807) is 12.1 Å². The van der Waals surface area contributed by atoms with Gasteiger partial charge in [0.05, 0.1) is 18.6 Å². The van der Waals surface area contributed by atoms with Gasteiger partial charge in [0.2, 0.25) is 0 Å². The van der Waals surface area contributed by atoms with E-state index in [1.165, 1.54) is 7.11 Å². The number of carboxylic acid groups (broad SMARTS) is 1. The Morgan fingerprint density at radius 3 is 2.65 bits per heavy atom. The minimum absolute atomic E-state index is 0.266. The van der Waals surface area contributed by atoms with E-state index in [0.717, 1.165) is 24.9 Å². The largest absolute Gasteiger partial charge is 0.481 e. The summed E-state index contributed by atoms with van der Waals surface area (Å²) in [6.45, 7) is 2.22. The van der Waals surface area contributed by atoms with Crippen LogP contribution in [0.25, 0.3) is 0 Å². The average molecular weight is 277 g/mol.